The smallest absolute Gasteiger partial charge is 0.354 e. The fraction of sp³-hybridized carbons (Fsp3) is 0.294. The normalized spacial score (nSPS) is 11.2. The van der Waals surface area contributed by atoms with Crippen molar-refractivity contribution in [3.05, 3.63) is 53.9 Å². The zero-order chi connectivity index (χ0) is 17.7. The van der Waals surface area contributed by atoms with Gasteiger partial charge in [-0.2, -0.15) is 13.2 Å². The number of rotatable bonds is 5. The van der Waals surface area contributed by atoms with Crippen molar-refractivity contribution >= 4 is 17.3 Å². The van der Waals surface area contributed by atoms with Gasteiger partial charge in [0.25, 0.3) is 5.91 Å². The van der Waals surface area contributed by atoms with E-state index in [0.29, 0.717) is 30.2 Å². The lowest BCUT2D eigenvalue weighted by Gasteiger charge is -2.18. The SMILES string of the molecule is CCN(CC)C(=O)c1ccc(Nc2ccc(C(F)(F)F)cc2)cn1. The molecule has 1 amide bonds. The van der Waals surface area contributed by atoms with Crippen molar-refractivity contribution in [2.75, 3.05) is 18.4 Å². The van der Waals surface area contributed by atoms with Crippen LogP contribution in [0.15, 0.2) is 42.6 Å². The molecule has 2 aromatic rings. The standard InChI is InChI=1S/C17H18F3N3O/c1-3-23(4-2)16(24)15-10-9-14(11-21-15)22-13-7-5-12(6-8-13)17(18,19)20/h5-11,22H,3-4H2,1-2H3. The van der Waals surface area contributed by atoms with Gasteiger partial charge in [0.15, 0.2) is 0 Å². The number of hydrogen-bond acceptors (Lipinski definition) is 3. The van der Waals surface area contributed by atoms with Crippen LogP contribution < -0.4 is 5.32 Å². The molecule has 0 unspecified atom stereocenters. The molecule has 0 fully saturated rings. The van der Waals surface area contributed by atoms with Gasteiger partial charge in [-0.25, -0.2) is 4.98 Å². The first-order chi connectivity index (χ1) is 11.3. The molecule has 7 heteroatoms. The first-order valence-electron chi connectivity index (χ1n) is 7.54. The van der Waals surface area contributed by atoms with Crippen molar-refractivity contribution in [1.29, 1.82) is 0 Å². The summed E-state index contributed by atoms with van der Waals surface area (Å²) < 4.78 is 37.6. The second-order valence-electron chi connectivity index (χ2n) is 5.11. The summed E-state index contributed by atoms with van der Waals surface area (Å²) in [6.45, 7) is 4.98. The molecule has 0 aliphatic carbocycles. The summed E-state index contributed by atoms with van der Waals surface area (Å²) >= 11 is 0. The minimum Gasteiger partial charge on any atom is -0.354 e. The number of benzene rings is 1. The zero-order valence-corrected chi connectivity index (χ0v) is 13.4. The predicted octanol–water partition coefficient (Wildman–Crippen LogP) is 4.33. The van der Waals surface area contributed by atoms with Gasteiger partial charge in [-0.15, -0.1) is 0 Å². The quantitative estimate of drug-likeness (QED) is 0.883. The number of alkyl halides is 3. The first-order valence-corrected chi connectivity index (χ1v) is 7.54. The summed E-state index contributed by atoms with van der Waals surface area (Å²) in [6, 6.07) is 7.96. The number of anilines is 2. The molecule has 0 atom stereocenters. The molecule has 4 nitrogen and oxygen atoms in total. The minimum absolute atomic E-state index is 0.152. The highest BCUT2D eigenvalue weighted by Gasteiger charge is 2.29. The third kappa shape index (κ3) is 4.24. The average molecular weight is 337 g/mol. The molecule has 0 bridgehead atoms. The third-order valence-corrected chi connectivity index (χ3v) is 3.53. The number of halogens is 3. The molecular formula is C17H18F3N3O. The Balaban J connectivity index is 2.08. The summed E-state index contributed by atoms with van der Waals surface area (Å²) in [5, 5.41) is 2.95. The lowest BCUT2D eigenvalue weighted by Crippen LogP contribution is -2.31. The van der Waals surface area contributed by atoms with Gasteiger partial charge in [0.2, 0.25) is 0 Å². The maximum Gasteiger partial charge on any atom is 0.416 e. The van der Waals surface area contributed by atoms with Gasteiger partial charge in [-0.1, -0.05) is 0 Å². The summed E-state index contributed by atoms with van der Waals surface area (Å²) in [7, 11) is 0. The van der Waals surface area contributed by atoms with Crippen LogP contribution in [0.4, 0.5) is 24.5 Å². The lowest BCUT2D eigenvalue weighted by molar-refractivity contribution is -0.137. The number of nitrogens with zero attached hydrogens (tertiary/aromatic N) is 2. The Labute approximate surface area is 138 Å². The number of carbonyl (C=O) groups is 1. The molecule has 24 heavy (non-hydrogen) atoms. The van der Waals surface area contributed by atoms with E-state index in [-0.39, 0.29) is 5.91 Å². The molecule has 0 aliphatic heterocycles. The van der Waals surface area contributed by atoms with Gasteiger partial charge < -0.3 is 10.2 Å². The second kappa shape index (κ2) is 7.33. The number of aromatic nitrogens is 1. The topological polar surface area (TPSA) is 45.2 Å². The van der Waals surface area contributed by atoms with E-state index in [2.05, 4.69) is 10.3 Å². The van der Waals surface area contributed by atoms with E-state index >= 15 is 0 Å². The Morgan fingerprint density at radius 3 is 2.08 bits per heavy atom. The Morgan fingerprint density at radius 1 is 1.04 bits per heavy atom. The van der Waals surface area contributed by atoms with E-state index in [1.807, 2.05) is 13.8 Å². The number of nitrogens with one attached hydrogen (secondary N) is 1. The van der Waals surface area contributed by atoms with Crippen LogP contribution in [0.5, 0.6) is 0 Å². The first kappa shape index (κ1) is 17.8. The van der Waals surface area contributed by atoms with Crippen molar-refractivity contribution in [2.45, 2.75) is 20.0 Å². The van der Waals surface area contributed by atoms with Crippen LogP contribution in [0, 0.1) is 0 Å². The average Bonchev–Trinajstić information content (AvgIpc) is 2.56. The van der Waals surface area contributed by atoms with Gasteiger partial charge in [-0.05, 0) is 50.2 Å². The van der Waals surface area contributed by atoms with E-state index in [1.54, 1.807) is 17.0 Å². The van der Waals surface area contributed by atoms with Gasteiger partial charge in [0.1, 0.15) is 5.69 Å². The van der Waals surface area contributed by atoms with Crippen LogP contribution >= 0.6 is 0 Å². The van der Waals surface area contributed by atoms with Gasteiger partial charge >= 0.3 is 6.18 Å². The van der Waals surface area contributed by atoms with Crippen LogP contribution in [0.2, 0.25) is 0 Å². The van der Waals surface area contributed by atoms with Crippen LogP contribution in [-0.2, 0) is 6.18 Å². The highest BCUT2D eigenvalue weighted by molar-refractivity contribution is 5.92. The molecule has 1 aromatic carbocycles. The van der Waals surface area contributed by atoms with Crippen molar-refractivity contribution in [2.24, 2.45) is 0 Å². The monoisotopic (exact) mass is 337 g/mol. The summed E-state index contributed by atoms with van der Waals surface area (Å²) in [6.07, 6.45) is -2.87. The highest BCUT2D eigenvalue weighted by Crippen LogP contribution is 2.30. The van der Waals surface area contributed by atoms with Crippen LogP contribution in [0.3, 0.4) is 0 Å². The zero-order valence-electron chi connectivity index (χ0n) is 13.4. The number of pyridine rings is 1. The molecule has 1 aromatic heterocycles. The third-order valence-electron chi connectivity index (χ3n) is 3.53. The van der Waals surface area contributed by atoms with Gasteiger partial charge in [0, 0.05) is 18.8 Å². The molecule has 128 valence electrons. The molecule has 0 radical (unpaired) electrons. The summed E-state index contributed by atoms with van der Waals surface area (Å²) in [5.41, 5.74) is 0.724. The van der Waals surface area contributed by atoms with E-state index in [9.17, 15) is 18.0 Å². The molecule has 1 heterocycles. The fourth-order valence-electron chi connectivity index (χ4n) is 2.18. The van der Waals surface area contributed by atoms with Gasteiger partial charge in [0.05, 0.1) is 17.4 Å². The molecule has 0 saturated carbocycles. The molecule has 0 spiro atoms. The Morgan fingerprint density at radius 2 is 1.62 bits per heavy atom. The molecule has 1 N–H and O–H groups in total. The minimum atomic E-state index is -4.35. The molecule has 2 rings (SSSR count). The second-order valence-corrected chi connectivity index (χ2v) is 5.11. The Hall–Kier alpha value is -2.57. The molecule has 0 aliphatic rings. The highest BCUT2D eigenvalue weighted by atomic mass is 19.4. The Kier molecular flexibility index (Phi) is 5.43. The molecular weight excluding hydrogens is 319 g/mol. The maximum absolute atomic E-state index is 12.5. The van der Waals surface area contributed by atoms with Crippen molar-refractivity contribution < 1.29 is 18.0 Å². The van der Waals surface area contributed by atoms with Crippen molar-refractivity contribution in [1.82, 2.24) is 9.88 Å². The number of carbonyl (C=O) groups excluding carboxylic acids is 1. The van der Waals surface area contributed by atoms with Crippen molar-refractivity contribution in [3.8, 4) is 0 Å². The largest absolute Gasteiger partial charge is 0.416 e. The van der Waals surface area contributed by atoms with Crippen LogP contribution in [0.1, 0.15) is 29.9 Å². The van der Waals surface area contributed by atoms with Crippen molar-refractivity contribution in [3.63, 3.8) is 0 Å². The summed E-state index contributed by atoms with van der Waals surface area (Å²) in [4.78, 5) is 17.9. The van der Waals surface area contributed by atoms with Gasteiger partial charge in [-0.3, -0.25) is 4.79 Å². The summed E-state index contributed by atoms with van der Waals surface area (Å²) in [5.74, 6) is -0.152. The Bertz CT molecular complexity index is 678. The number of hydrogen-bond donors (Lipinski definition) is 1. The fourth-order valence-corrected chi connectivity index (χ4v) is 2.18. The molecule has 0 saturated heterocycles. The van der Waals surface area contributed by atoms with E-state index in [0.717, 1.165) is 12.1 Å². The maximum atomic E-state index is 12.5. The van der Waals surface area contributed by atoms with E-state index < -0.39 is 11.7 Å². The number of amides is 1. The van der Waals surface area contributed by atoms with Crippen LogP contribution in [0.25, 0.3) is 0 Å². The van der Waals surface area contributed by atoms with Crippen LogP contribution in [-0.4, -0.2) is 28.9 Å². The lowest BCUT2D eigenvalue weighted by atomic mass is 10.2. The predicted molar refractivity (Wildman–Crippen MR) is 86.2 cm³/mol. The van der Waals surface area contributed by atoms with E-state index in [4.69, 9.17) is 0 Å². The van der Waals surface area contributed by atoms with E-state index in [1.165, 1.54) is 18.3 Å².